The average Bonchev–Trinajstić information content (AvgIpc) is 2.94. The highest BCUT2D eigenvalue weighted by Gasteiger charge is 2.08. The van der Waals surface area contributed by atoms with Gasteiger partial charge in [0.15, 0.2) is 0 Å². The van der Waals surface area contributed by atoms with E-state index in [1.807, 2.05) is 15.4 Å². The van der Waals surface area contributed by atoms with Crippen LogP contribution in [0, 0.1) is 0 Å². The minimum absolute atomic E-state index is 0.669. The topological polar surface area (TPSA) is 74.5 Å². The summed E-state index contributed by atoms with van der Waals surface area (Å²) in [6.07, 6.45) is 6.45. The summed E-state index contributed by atoms with van der Waals surface area (Å²) in [5.74, 6) is 0. The standard InChI is InChI=1S/C10H16N6/c1-2-15-8-12-6-10(15)9-7-16(14-13-9)5-3-4-11/h6-8H,2-5,11H2,1H3. The molecule has 6 heteroatoms. The van der Waals surface area contributed by atoms with Gasteiger partial charge in [-0.25, -0.2) is 4.98 Å². The van der Waals surface area contributed by atoms with Crippen LogP contribution in [0.1, 0.15) is 13.3 Å². The Labute approximate surface area is 94.1 Å². The summed E-state index contributed by atoms with van der Waals surface area (Å²) in [6.45, 7) is 4.43. The van der Waals surface area contributed by atoms with Crippen molar-refractivity contribution >= 4 is 0 Å². The molecule has 2 aromatic rings. The van der Waals surface area contributed by atoms with E-state index in [1.165, 1.54) is 0 Å². The zero-order valence-electron chi connectivity index (χ0n) is 9.37. The molecule has 0 aliphatic heterocycles. The van der Waals surface area contributed by atoms with Gasteiger partial charge >= 0.3 is 0 Å². The van der Waals surface area contributed by atoms with Crippen molar-refractivity contribution < 1.29 is 0 Å². The summed E-state index contributed by atoms with van der Waals surface area (Å²) in [5.41, 5.74) is 7.31. The normalized spacial score (nSPS) is 10.9. The molecule has 0 unspecified atom stereocenters. The number of hydrogen-bond acceptors (Lipinski definition) is 4. The zero-order valence-corrected chi connectivity index (χ0v) is 9.37. The van der Waals surface area contributed by atoms with Crippen LogP contribution < -0.4 is 5.73 Å². The minimum atomic E-state index is 0.669. The molecule has 0 saturated heterocycles. The molecule has 2 rings (SSSR count). The largest absolute Gasteiger partial charge is 0.330 e. The molecule has 0 aromatic carbocycles. The van der Waals surface area contributed by atoms with E-state index in [1.54, 1.807) is 12.5 Å². The summed E-state index contributed by atoms with van der Waals surface area (Å²) in [5, 5.41) is 8.19. The van der Waals surface area contributed by atoms with Crippen molar-refractivity contribution in [2.45, 2.75) is 26.4 Å². The molecule has 0 radical (unpaired) electrons. The molecule has 0 fully saturated rings. The number of imidazole rings is 1. The van der Waals surface area contributed by atoms with Gasteiger partial charge in [0, 0.05) is 13.1 Å². The molecule has 0 amide bonds. The van der Waals surface area contributed by atoms with Crippen molar-refractivity contribution in [1.82, 2.24) is 24.5 Å². The Hall–Kier alpha value is -1.69. The van der Waals surface area contributed by atoms with E-state index in [4.69, 9.17) is 5.73 Å². The van der Waals surface area contributed by atoms with Crippen LogP contribution in [0.15, 0.2) is 18.7 Å². The molecule has 0 bridgehead atoms. The second-order valence-electron chi connectivity index (χ2n) is 3.57. The first kappa shape index (κ1) is 10.8. The SMILES string of the molecule is CCn1cncc1-c1cn(CCCN)nn1. The number of aryl methyl sites for hydroxylation is 2. The third kappa shape index (κ3) is 2.11. The number of nitrogens with zero attached hydrogens (tertiary/aromatic N) is 5. The molecule has 0 aliphatic rings. The Bertz CT molecular complexity index is 444. The molecule has 2 N–H and O–H groups in total. The Morgan fingerprint density at radius 1 is 1.44 bits per heavy atom. The van der Waals surface area contributed by atoms with E-state index in [2.05, 4.69) is 22.2 Å². The third-order valence-electron chi connectivity index (χ3n) is 2.45. The number of rotatable bonds is 5. The van der Waals surface area contributed by atoms with Crippen LogP contribution in [0.3, 0.4) is 0 Å². The summed E-state index contributed by atoms with van der Waals surface area (Å²) in [4.78, 5) is 4.11. The fraction of sp³-hybridized carbons (Fsp3) is 0.500. The Balaban J connectivity index is 2.18. The fourth-order valence-corrected chi connectivity index (χ4v) is 1.56. The maximum absolute atomic E-state index is 5.45. The molecular weight excluding hydrogens is 204 g/mol. The monoisotopic (exact) mass is 220 g/mol. The van der Waals surface area contributed by atoms with Crippen molar-refractivity contribution in [3.63, 3.8) is 0 Å². The van der Waals surface area contributed by atoms with Gasteiger partial charge in [-0.1, -0.05) is 5.21 Å². The number of aromatic nitrogens is 5. The van der Waals surface area contributed by atoms with E-state index in [9.17, 15) is 0 Å². The van der Waals surface area contributed by atoms with E-state index >= 15 is 0 Å². The maximum atomic E-state index is 5.45. The first-order valence-corrected chi connectivity index (χ1v) is 5.46. The van der Waals surface area contributed by atoms with Crippen molar-refractivity contribution in [1.29, 1.82) is 0 Å². The summed E-state index contributed by atoms with van der Waals surface area (Å²) >= 11 is 0. The number of hydrogen-bond donors (Lipinski definition) is 1. The molecule has 16 heavy (non-hydrogen) atoms. The third-order valence-corrected chi connectivity index (χ3v) is 2.45. The lowest BCUT2D eigenvalue weighted by atomic mass is 10.3. The van der Waals surface area contributed by atoms with Crippen molar-refractivity contribution in [2.24, 2.45) is 5.73 Å². The van der Waals surface area contributed by atoms with E-state index < -0.39 is 0 Å². The molecule has 2 aromatic heterocycles. The fourth-order valence-electron chi connectivity index (χ4n) is 1.56. The van der Waals surface area contributed by atoms with Gasteiger partial charge in [-0.3, -0.25) is 4.68 Å². The van der Waals surface area contributed by atoms with Gasteiger partial charge < -0.3 is 10.3 Å². The molecule has 86 valence electrons. The van der Waals surface area contributed by atoms with Gasteiger partial charge in [0.1, 0.15) is 5.69 Å². The van der Waals surface area contributed by atoms with Gasteiger partial charge in [0.2, 0.25) is 0 Å². The maximum Gasteiger partial charge on any atom is 0.131 e. The van der Waals surface area contributed by atoms with Crippen LogP contribution in [0.25, 0.3) is 11.4 Å². The molecular formula is C10H16N6. The lowest BCUT2D eigenvalue weighted by molar-refractivity contribution is 0.564. The summed E-state index contributed by atoms with van der Waals surface area (Å²) in [6, 6.07) is 0. The van der Waals surface area contributed by atoms with Gasteiger partial charge in [0.25, 0.3) is 0 Å². The zero-order chi connectivity index (χ0) is 11.4. The van der Waals surface area contributed by atoms with Crippen LogP contribution in [0.2, 0.25) is 0 Å². The van der Waals surface area contributed by atoms with E-state index in [0.717, 1.165) is 30.9 Å². The summed E-state index contributed by atoms with van der Waals surface area (Å²) in [7, 11) is 0. The van der Waals surface area contributed by atoms with Gasteiger partial charge in [-0.05, 0) is 19.9 Å². The lowest BCUT2D eigenvalue weighted by Crippen LogP contribution is -2.06. The van der Waals surface area contributed by atoms with Gasteiger partial charge in [-0.15, -0.1) is 5.10 Å². The number of nitrogens with two attached hydrogens (primary N) is 1. The predicted octanol–water partition coefficient (Wildman–Crippen LogP) is 0.510. The van der Waals surface area contributed by atoms with E-state index in [0.29, 0.717) is 6.54 Å². The first-order valence-electron chi connectivity index (χ1n) is 5.46. The Morgan fingerprint density at radius 3 is 3.06 bits per heavy atom. The molecule has 0 atom stereocenters. The first-order chi connectivity index (χ1) is 7.85. The molecule has 6 nitrogen and oxygen atoms in total. The lowest BCUT2D eigenvalue weighted by Gasteiger charge is -2.00. The Kier molecular flexibility index (Phi) is 3.31. The van der Waals surface area contributed by atoms with Gasteiger partial charge in [-0.2, -0.15) is 0 Å². The highest BCUT2D eigenvalue weighted by molar-refractivity contribution is 5.51. The van der Waals surface area contributed by atoms with Crippen LogP contribution in [0.4, 0.5) is 0 Å². The average molecular weight is 220 g/mol. The minimum Gasteiger partial charge on any atom is -0.330 e. The van der Waals surface area contributed by atoms with Crippen LogP contribution in [0.5, 0.6) is 0 Å². The molecule has 0 saturated carbocycles. The quantitative estimate of drug-likeness (QED) is 0.796. The van der Waals surface area contributed by atoms with Crippen molar-refractivity contribution in [3.05, 3.63) is 18.7 Å². The van der Waals surface area contributed by atoms with E-state index in [-0.39, 0.29) is 0 Å². The van der Waals surface area contributed by atoms with Crippen LogP contribution in [-0.2, 0) is 13.1 Å². The van der Waals surface area contributed by atoms with Crippen molar-refractivity contribution in [2.75, 3.05) is 6.54 Å². The van der Waals surface area contributed by atoms with Crippen LogP contribution >= 0.6 is 0 Å². The molecule has 0 spiro atoms. The predicted molar refractivity (Wildman–Crippen MR) is 60.6 cm³/mol. The second kappa shape index (κ2) is 4.89. The second-order valence-corrected chi connectivity index (χ2v) is 3.57. The Morgan fingerprint density at radius 2 is 2.31 bits per heavy atom. The summed E-state index contributed by atoms with van der Waals surface area (Å²) < 4.78 is 3.85. The molecule has 0 aliphatic carbocycles. The van der Waals surface area contributed by atoms with Crippen molar-refractivity contribution in [3.8, 4) is 11.4 Å². The smallest absolute Gasteiger partial charge is 0.131 e. The van der Waals surface area contributed by atoms with Gasteiger partial charge in [0.05, 0.1) is 24.4 Å². The highest BCUT2D eigenvalue weighted by atomic mass is 15.4. The van der Waals surface area contributed by atoms with Crippen LogP contribution in [-0.4, -0.2) is 31.1 Å². The highest BCUT2D eigenvalue weighted by Crippen LogP contribution is 2.15. The molecule has 2 heterocycles.